The molecule has 0 aliphatic carbocycles. The van der Waals surface area contributed by atoms with Crippen molar-refractivity contribution in [3.63, 3.8) is 0 Å². The number of hydrogen-bond donors (Lipinski definition) is 1. The van der Waals surface area contributed by atoms with Gasteiger partial charge < -0.3 is 10.1 Å². The summed E-state index contributed by atoms with van der Waals surface area (Å²) in [4.78, 5) is 12.1. The maximum absolute atomic E-state index is 12.2. The molecule has 0 bridgehead atoms. The number of aryl methyl sites for hydroxylation is 3. The van der Waals surface area contributed by atoms with Crippen LogP contribution in [0.5, 0.6) is 5.75 Å². The van der Waals surface area contributed by atoms with Gasteiger partial charge in [0.1, 0.15) is 12.4 Å². The molecular weight excluding hydrogens is 424 g/mol. The van der Waals surface area contributed by atoms with Crippen LogP contribution in [0.1, 0.15) is 29.5 Å². The van der Waals surface area contributed by atoms with E-state index in [1.54, 1.807) is 18.2 Å². The summed E-state index contributed by atoms with van der Waals surface area (Å²) in [5.41, 5.74) is 3.72. The van der Waals surface area contributed by atoms with Crippen molar-refractivity contribution in [2.45, 2.75) is 33.6 Å². The third-order valence-corrected chi connectivity index (χ3v) is 6.38. The van der Waals surface area contributed by atoms with Crippen LogP contribution in [0, 0.1) is 20.8 Å². The van der Waals surface area contributed by atoms with Crippen molar-refractivity contribution in [2.24, 2.45) is 0 Å². The molecule has 0 atom stereocenters. The van der Waals surface area contributed by atoms with Crippen LogP contribution in [0.15, 0.2) is 36.4 Å². The molecule has 0 aliphatic rings. The number of ether oxygens (including phenoxy) is 1. The number of nitrogens with zero attached hydrogens (tertiary/aromatic N) is 1. The standard InChI is InChI=1S/C22H29ClN2O4S/c1-16-8-10-20(14-18(16)3)29-13-11-24-22(26)6-5-12-25(30(4,27)28)19-9-7-17(2)21(23)15-19/h7-10,14-15H,5-6,11-13H2,1-4H3,(H,24,26). The smallest absolute Gasteiger partial charge is 0.232 e. The third-order valence-electron chi connectivity index (χ3n) is 4.78. The minimum Gasteiger partial charge on any atom is -0.492 e. The monoisotopic (exact) mass is 452 g/mol. The summed E-state index contributed by atoms with van der Waals surface area (Å²) in [6.45, 7) is 6.86. The molecule has 0 unspecified atom stereocenters. The number of anilines is 1. The molecule has 2 aromatic rings. The minimum atomic E-state index is -3.48. The summed E-state index contributed by atoms with van der Waals surface area (Å²) in [6, 6.07) is 11.0. The molecule has 30 heavy (non-hydrogen) atoms. The third kappa shape index (κ3) is 7.22. The molecule has 164 valence electrons. The van der Waals surface area contributed by atoms with Crippen LogP contribution in [-0.2, 0) is 14.8 Å². The van der Waals surface area contributed by atoms with Crippen LogP contribution < -0.4 is 14.4 Å². The van der Waals surface area contributed by atoms with E-state index in [0.717, 1.165) is 23.1 Å². The van der Waals surface area contributed by atoms with Gasteiger partial charge in [-0.1, -0.05) is 23.7 Å². The lowest BCUT2D eigenvalue weighted by molar-refractivity contribution is -0.121. The lowest BCUT2D eigenvalue weighted by atomic mass is 10.1. The molecule has 0 saturated carbocycles. The first-order chi connectivity index (χ1) is 14.1. The first-order valence-corrected chi connectivity index (χ1v) is 12.0. The van der Waals surface area contributed by atoms with Gasteiger partial charge >= 0.3 is 0 Å². The first kappa shape index (κ1) is 24.0. The number of hydrogen-bond acceptors (Lipinski definition) is 4. The summed E-state index contributed by atoms with van der Waals surface area (Å²) in [7, 11) is -3.48. The molecule has 2 aromatic carbocycles. The van der Waals surface area contributed by atoms with E-state index in [-0.39, 0.29) is 18.9 Å². The fourth-order valence-corrected chi connectivity index (χ4v) is 3.99. The van der Waals surface area contributed by atoms with Crippen LogP contribution in [0.4, 0.5) is 5.69 Å². The maximum Gasteiger partial charge on any atom is 0.232 e. The number of sulfonamides is 1. The van der Waals surface area contributed by atoms with Gasteiger partial charge in [0.25, 0.3) is 0 Å². The average molecular weight is 453 g/mol. The molecule has 1 amide bonds. The van der Waals surface area contributed by atoms with Gasteiger partial charge in [-0.05, 0) is 68.1 Å². The molecule has 0 spiro atoms. The van der Waals surface area contributed by atoms with Gasteiger partial charge in [0.05, 0.1) is 18.5 Å². The van der Waals surface area contributed by atoms with Crippen LogP contribution in [0.2, 0.25) is 5.02 Å². The Bertz CT molecular complexity index is 993. The number of carbonyl (C=O) groups is 1. The van der Waals surface area contributed by atoms with E-state index in [1.165, 1.54) is 9.87 Å². The number of nitrogens with one attached hydrogen (secondary N) is 1. The summed E-state index contributed by atoms with van der Waals surface area (Å²) >= 11 is 6.13. The van der Waals surface area contributed by atoms with Crippen LogP contribution in [0.25, 0.3) is 0 Å². The second-order valence-corrected chi connectivity index (χ2v) is 9.63. The Hall–Kier alpha value is -2.25. The number of benzene rings is 2. The van der Waals surface area contributed by atoms with Crippen molar-refractivity contribution < 1.29 is 17.9 Å². The second kappa shape index (κ2) is 10.7. The van der Waals surface area contributed by atoms with E-state index < -0.39 is 10.0 Å². The van der Waals surface area contributed by atoms with Crippen molar-refractivity contribution >= 4 is 33.2 Å². The van der Waals surface area contributed by atoms with E-state index in [4.69, 9.17) is 16.3 Å². The first-order valence-electron chi connectivity index (χ1n) is 9.78. The van der Waals surface area contributed by atoms with Gasteiger partial charge in [0.15, 0.2) is 0 Å². The number of amides is 1. The normalized spacial score (nSPS) is 11.2. The van der Waals surface area contributed by atoms with E-state index in [2.05, 4.69) is 5.32 Å². The zero-order valence-corrected chi connectivity index (χ0v) is 19.4. The molecule has 0 fully saturated rings. The quantitative estimate of drug-likeness (QED) is 0.552. The van der Waals surface area contributed by atoms with Gasteiger partial charge in [-0.3, -0.25) is 9.10 Å². The van der Waals surface area contributed by atoms with Gasteiger partial charge in [0, 0.05) is 18.0 Å². The number of rotatable bonds is 10. The largest absolute Gasteiger partial charge is 0.492 e. The predicted octanol–water partition coefficient (Wildman–Crippen LogP) is 4.01. The minimum absolute atomic E-state index is 0.144. The maximum atomic E-state index is 12.2. The molecule has 0 aromatic heterocycles. The fraction of sp³-hybridized carbons (Fsp3) is 0.409. The molecule has 0 radical (unpaired) electrons. The van der Waals surface area contributed by atoms with Crippen molar-refractivity contribution in [3.8, 4) is 5.75 Å². The molecular formula is C22H29ClN2O4S. The summed E-state index contributed by atoms with van der Waals surface area (Å²) in [5.74, 6) is 0.627. The fourth-order valence-electron chi connectivity index (χ4n) is 2.86. The highest BCUT2D eigenvalue weighted by Gasteiger charge is 2.18. The highest BCUT2D eigenvalue weighted by Crippen LogP contribution is 2.25. The van der Waals surface area contributed by atoms with Crippen molar-refractivity contribution in [3.05, 3.63) is 58.1 Å². The SMILES string of the molecule is Cc1ccc(OCCNC(=O)CCCN(c2ccc(C)c(Cl)c2)S(C)(=O)=O)cc1C. The summed E-state index contributed by atoms with van der Waals surface area (Å²) in [5, 5.41) is 3.30. The van der Waals surface area contributed by atoms with E-state index in [1.807, 2.05) is 39.0 Å². The van der Waals surface area contributed by atoms with E-state index >= 15 is 0 Å². The summed E-state index contributed by atoms with van der Waals surface area (Å²) < 4.78 is 31.2. The number of carbonyl (C=O) groups excluding carboxylic acids is 1. The van der Waals surface area contributed by atoms with Gasteiger partial charge in [-0.25, -0.2) is 8.42 Å². The molecule has 6 nitrogen and oxygen atoms in total. The van der Waals surface area contributed by atoms with Gasteiger partial charge in [-0.15, -0.1) is 0 Å². The molecule has 2 rings (SSSR count). The van der Waals surface area contributed by atoms with Crippen LogP contribution in [0.3, 0.4) is 0 Å². The van der Waals surface area contributed by atoms with E-state index in [0.29, 0.717) is 30.3 Å². The highest BCUT2D eigenvalue weighted by molar-refractivity contribution is 7.92. The Morgan fingerprint density at radius 1 is 1.07 bits per heavy atom. The zero-order chi connectivity index (χ0) is 22.3. The lowest BCUT2D eigenvalue weighted by Gasteiger charge is -2.23. The van der Waals surface area contributed by atoms with Crippen molar-refractivity contribution in [1.82, 2.24) is 5.32 Å². The molecule has 1 N–H and O–H groups in total. The highest BCUT2D eigenvalue weighted by atomic mass is 35.5. The predicted molar refractivity (Wildman–Crippen MR) is 122 cm³/mol. The lowest BCUT2D eigenvalue weighted by Crippen LogP contribution is -2.33. The topological polar surface area (TPSA) is 75.7 Å². The van der Waals surface area contributed by atoms with Crippen LogP contribution in [-0.4, -0.2) is 40.3 Å². The zero-order valence-electron chi connectivity index (χ0n) is 17.9. The van der Waals surface area contributed by atoms with Crippen LogP contribution >= 0.6 is 11.6 Å². The average Bonchev–Trinajstić information content (AvgIpc) is 2.66. The summed E-state index contributed by atoms with van der Waals surface area (Å²) in [6.07, 6.45) is 1.75. The Morgan fingerprint density at radius 2 is 1.77 bits per heavy atom. The second-order valence-electron chi connectivity index (χ2n) is 7.32. The molecule has 0 aliphatic heterocycles. The molecule has 0 saturated heterocycles. The van der Waals surface area contributed by atoms with Crippen molar-refractivity contribution in [2.75, 3.05) is 30.3 Å². The van der Waals surface area contributed by atoms with Crippen molar-refractivity contribution in [1.29, 1.82) is 0 Å². The Kier molecular flexibility index (Phi) is 8.55. The Labute approximate surface area is 184 Å². The molecule has 0 heterocycles. The Balaban J connectivity index is 1.78. The van der Waals surface area contributed by atoms with E-state index in [9.17, 15) is 13.2 Å². The Morgan fingerprint density at radius 3 is 2.40 bits per heavy atom. The molecule has 8 heteroatoms. The number of halogens is 1. The van der Waals surface area contributed by atoms with Gasteiger partial charge in [0.2, 0.25) is 15.9 Å². The van der Waals surface area contributed by atoms with Gasteiger partial charge in [-0.2, -0.15) is 0 Å².